The molecule has 1 saturated heterocycles. The Morgan fingerprint density at radius 3 is 2.81 bits per heavy atom. The number of H-pyrrole nitrogens is 1. The third-order valence-corrected chi connectivity index (χ3v) is 9.15. The van der Waals surface area contributed by atoms with E-state index >= 15 is 0 Å². The third kappa shape index (κ3) is 3.78. The number of rotatable bonds is 3. The zero-order chi connectivity index (χ0) is 21.8. The summed E-state index contributed by atoms with van der Waals surface area (Å²) in [6.45, 7) is 3.54. The summed E-state index contributed by atoms with van der Waals surface area (Å²) in [7, 11) is 0. The van der Waals surface area contributed by atoms with Crippen LogP contribution in [0.15, 0.2) is 39.1 Å². The van der Waals surface area contributed by atoms with Crippen LogP contribution in [-0.2, 0) is 6.42 Å². The molecule has 0 saturated carbocycles. The topological polar surface area (TPSA) is 87.9 Å². The first-order chi connectivity index (χ1) is 14.9. The molecule has 3 heterocycles. The van der Waals surface area contributed by atoms with Gasteiger partial charge in [-0.15, -0.1) is 11.3 Å². The smallest absolute Gasteiger partial charge is 0.291 e. The SMILES string of the molecule is Cc1nc2c(s1)CC1(CCN(c3ncc(Sc4cccc(Cl)c4Cl)[nH]c3=O)CC1)[C@@H]2N. The maximum absolute atomic E-state index is 12.8. The summed E-state index contributed by atoms with van der Waals surface area (Å²) in [6.07, 6.45) is 4.51. The highest BCUT2D eigenvalue weighted by Crippen LogP contribution is 2.52. The lowest BCUT2D eigenvalue weighted by Gasteiger charge is -2.42. The predicted octanol–water partition coefficient (Wildman–Crippen LogP) is 4.84. The summed E-state index contributed by atoms with van der Waals surface area (Å²) in [5.41, 5.74) is 7.54. The summed E-state index contributed by atoms with van der Waals surface area (Å²) in [5, 5.41) is 2.65. The molecule has 2 aliphatic rings. The second-order valence-corrected chi connectivity index (χ2v) is 11.3. The summed E-state index contributed by atoms with van der Waals surface area (Å²) < 4.78 is 0. The summed E-state index contributed by atoms with van der Waals surface area (Å²) in [4.78, 5) is 29.0. The first kappa shape index (κ1) is 21.3. The van der Waals surface area contributed by atoms with Crippen LogP contribution in [0.2, 0.25) is 10.0 Å². The van der Waals surface area contributed by atoms with Gasteiger partial charge in [0.2, 0.25) is 0 Å². The van der Waals surface area contributed by atoms with Gasteiger partial charge in [0.1, 0.15) is 0 Å². The number of anilines is 1. The molecule has 2 aromatic heterocycles. The molecule has 1 spiro atoms. The normalized spacial score (nSPS) is 19.7. The van der Waals surface area contributed by atoms with E-state index in [9.17, 15) is 4.79 Å². The van der Waals surface area contributed by atoms with Crippen LogP contribution >= 0.6 is 46.3 Å². The third-order valence-electron chi connectivity index (χ3n) is 6.24. The maximum Gasteiger partial charge on any atom is 0.291 e. The van der Waals surface area contributed by atoms with Crippen LogP contribution in [-0.4, -0.2) is 28.0 Å². The van der Waals surface area contributed by atoms with E-state index in [2.05, 4.69) is 19.9 Å². The Labute approximate surface area is 198 Å². The Balaban J connectivity index is 1.29. The summed E-state index contributed by atoms with van der Waals surface area (Å²) in [5.74, 6) is 0.451. The molecule has 3 aromatic rings. The van der Waals surface area contributed by atoms with Gasteiger partial charge in [-0.05, 0) is 43.7 Å². The fourth-order valence-corrected chi connectivity index (χ4v) is 7.01. The van der Waals surface area contributed by atoms with Crippen LogP contribution in [0.5, 0.6) is 0 Å². The average molecular weight is 494 g/mol. The molecule has 1 atom stereocenters. The van der Waals surface area contributed by atoms with Crippen molar-refractivity contribution in [3.8, 4) is 0 Å². The Kier molecular flexibility index (Phi) is 5.55. The van der Waals surface area contributed by atoms with Crippen molar-refractivity contribution >= 4 is 52.1 Å². The number of halogens is 2. The van der Waals surface area contributed by atoms with Crippen molar-refractivity contribution < 1.29 is 0 Å². The molecule has 0 radical (unpaired) electrons. The number of nitrogens with two attached hydrogens (primary N) is 1. The van der Waals surface area contributed by atoms with E-state index < -0.39 is 0 Å². The number of aryl methyl sites for hydroxylation is 1. The van der Waals surface area contributed by atoms with Crippen LogP contribution in [0.4, 0.5) is 5.82 Å². The summed E-state index contributed by atoms with van der Waals surface area (Å²) >= 11 is 15.4. The lowest BCUT2D eigenvalue weighted by molar-refractivity contribution is 0.186. The van der Waals surface area contributed by atoms with E-state index in [4.69, 9.17) is 28.9 Å². The fraction of sp³-hybridized carbons (Fsp3) is 0.381. The standard InChI is InChI=1S/C21H21Cl2N5OS2/c1-11-26-17-14(30-11)9-21(18(17)24)5-7-28(8-6-21)19-20(29)27-15(10-25-19)31-13-4-2-3-12(22)16(13)23/h2-4,10,18H,5-9,24H2,1H3,(H,27,29)/t18-/m1/s1. The highest BCUT2D eigenvalue weighted by atomic mass is 35.5. The van der Waals surface area contributed by atoms with Crippen LogP contribution in [0.1, 0.15) is 34.5 Å². The number of hydrogen-bond acceptors (Lipinski definition) is 7. The second kappa shape index (κ2) is 8.08. The van der Waals surface area contributed by atoms with Gasteiger partial charge in [-0.1, -0.05) is 41.0 Å². The largest absolute Gasteiger partial charge is 0.352 e. The van der Waals surface area contributed by atoms with Crippen molar-refractivity contribution in [3.05, 3.63) is 60.4 Å². The second-order valence-electron chi connectivity index (χ2n) is 8.10. The van der Waals surface area contributed by atoms with Crippen molar-refractivity contribution in [2.24, 2.45) is 11.1 Å². The predicted molar refractivity (Wildman–Crippen MR) is 127 cm³/mol. The molecule has 10 heteroatoms. The maximum atomic E-state index is 12.8. The first-order valence-electron chi connectivity index (χ1n) is 10.0. The van der Waals surface area contributed by atoms with Gasteiger partial charge in [0, 0.05) is 22.9 Å². The van der Waals surface area contributed by atoms with Gasteiger partial charge >= 0.3 is 0 Å². The Morgan fingerprint density at radius 2 is 2.10 bits per heavy atom. The number of piperidine rings is 1. The Bertz CT molecular complexity index is 1200. The zero-order valence-corrected chi connectivity index (χ0v) is 20.0. The minimum absolute atomic E-state index is 0.0259. The highest BCUT2D eigenvalue weighted by Gasteiger charge is 2.48. The number of hydrogen-bond donors (Lipinski definition) is 2. The molecular weight excluding hydrogens is 473 g/mol. The minimum atomic E-state index is -0.203. The zero-order valence-electron chi connectivity index (χ0n) is 16.8. The van der Waals surface area contributed by atoms with Crippen molar-refractivity contribution in [1.82, 2.24) is 15.0 Å². The number of fused-ring (bicyclic) bond motifs is 1. The first-order valence-corrected chi connectivity index (χ1v) is 12.4. The van der Waals surface area contributed by atoms with Crippen LogP contribution in [0, 0.1) is 12.3 Å². The molecule has 0 amide bonds. The number of thiazole rings is 1. The molecular formula is C21H21Cl2N5OS2. The van der Waals surface area contributed by atoms with Gasteiger partial charge < -0.3 is 15.6 Å². The molecule has 0 bridgehead atoms. The monoisotopic (exact) mass is 493 g/mol. The van der Waals surface area contributed by atoms with Crippen LogP contribution in [0.25, 0.3) is 0 Å². The van der Waals surface area contributed by atoms with Crippen molar-refractivity contribution in [3.63, 3.8) is 0 Å². The van der Waals surface area contributed by atoms with Crippen molar-refractivity contribution in [2.75, 3.05) is 18.0 Å². The van der Waals surface area contributed by atoms with E-state index in [1.54, 1.807) is 23.6 Å². The lowest BCUT2D eigenvalue weighted by Crippen LogP contribution is -2.46. The molecule has 1 fully saturated rings. The van der Waals surface area contributed by atoms with Crippen molar-refractivity contribution in [1.29, 1.82) is 0 Å². The number of benzene rings is 1. The lowest BCUT2D eigenvalue weighted by atomic mass is 9.73. The van der Waals surface area contributed by atoms with Gasteiger partial charge in [0.05, 0.1) is 38.0 Å². The molecule has 0 unspecified atom stereocenters. The minimum Gasteiger partial charge on any atom is -0.352 e. The Hall–Kier alpha value is -1.58. The average Bonchev–Trinajstić information content (AvgIpc) is 3.21. The summed E-state index contributed by atoms with van der Waals surface area (Å²) in [6, 6.07) is 5.38. The van der Waals surface area contributed by atoms with Gasteiger partial charge in [-0.25, -0.2) is 9.97 Å². The van der Waals surface area contributed by atoms with E-state index in [1.807, 2.05) is 19.1 Å². The molecule has 1 aliphatic carbocycles. The molecule has 5 rings (SSSR count). The molecule has 6 nitrogen and oxygen atoms in total. The van der Waals surface area contributed by atoms with E-state index in [1.165, 1.54) is 16.6 Å². The number of nitrogens with one attached hydrogen (secondary N) is 1. The fourth-order valence-electron chi connectivity index (χ4n) is 4.56. The van der Waals surface area contributed by atoms with Gasteiger partial charge in [0.15, 0.2) is 5.82 Å². The molecule has 1 aliphatic heterocycles. The number of nitrogens with zero attached hydrogens (tertiary/aromatic N) is 3. The highest BCUT2D eigenvalue weighted by molar-refractivity contribution is 7.99. The van der Waals surface area contributed by atoms with E-state index in [-0.39, 0.29) is 17.0 Å². The van der Waals surface area contributed by atoms with E-state index in [0.29, 0.717) is 20.9 Å². The number of aromatic amines is 1. The van der Waals surface area contributed by atoms with Crippen LogP contribution < -0.4 is 16.2 Å². The van der Waals surface area contributed by atoms with Gasteiger partial charge in [-0.3, -0.25) is 4.79 Å². The van der Waals surface area contributed by atoms with Gasteiger partial charge in [0.25, 0.3) is 5.56 Å². The Morgan fingerprint density at radius 1 is 1.32 bits per heavy atom. The molecule has 31 heavy (non-hydrogen) atoms. The quantitative estimate of drug-likeness (QED) is 0.542. The number of aromatic nitrogens is 3. The molecule has 1 aromatic carbocycles. The molecule has 162 valence electrons. The van der Waals surface area contributed by atoms with E-state index in [0.717, 1.165) is 47.9 Å². The van der Waals surface area contributed by atoms with Gasteiger partial charge in [-0.2, -0.15) is 0 Å². The molecule has 3 N–H and O–H groups in total. The van der Waals surface area contributed by atoms with Crippen molar-refractivity contribution in [2.45, 2.75) is 42.1 Å². The van der Waals surface area contributed by atoms with Crippen LogP contribution in [0.3, 0.4) is 0 Å².